The van der Waals surface area contributed by atoms with Gasteiger partial charge in [-0.3, -0.25) is 4.79 Å². The Balaban J connectivity index is 0.000000640. The molecule has 0 aromatic rings. The molecule has 0 bridgehead atoms. The van der Waals surface area contributed by atoms with Crippen molar-refractivity contribution in [3.63, 3.8) is 0 Å². The topological polar surface area (TPSA) is 52.3 Å². The van der Waals surface area contributed by atoms with E-state index in [1.807, 2.05) is 0 Å². The zero-order valence-electron chi connectivity index (χ0n) is 4.59. The summed E-state index contributed by atoms with van der Waals surface area (Å²) in [6, 6.07) is 0. The van der Waals surface area contributed by atoms with Crippen LogP contribution >= 0.6 is 0 Å². The van der Waals surface area contributed by atoms with Crippen LogP contribution in [0.3, 0.4) is 0 Å². The van der Waals surface area contributed by atoms with Crippen molar-refractivity contribution in [2.75, 3.05) is 13.2 Å². The Morgan fingerprint density at radius 3 is 2.88 bits per heavy atom. The number of carbonyl (C=O) groups excluding carboxylic acids is 1. The van der Waals surface area contributed by atoms with Gasteiger partial charge in [-0.1, -0.05) is 0 Å². The van der Waals surface area contributed by atoms with E-state index in [0.717, 1.165) is 6.42 Å². The Morgan fingerprint density at radius 2 is 2.62 bits per heavy atom. The summed E-state index contributed by atoms with van der Waals surface area (Å²) in [6.07, 6.45) is 0.801. The predicted molar refractivity (Wildman–Crippen MR) is 30.2 cm³/mol. The Bertz CT molecular complexity index is 101. The molecule has 0 unspecified atom stereocenters. The van der Waals surface area contributed by atoms with Crippen LogP contribution in [-0.2, 0) is 9.53 Å². The van der Waals surface area contributed by atoms with Crippen LogP contribution in [-0.4, -0.2) is 19.1 Å². The number of hydrogen-bond donors (Lipinski definition) is 1. The molecular formula is C5H11NO2. The molecule has 2 N–H and O–H groups in total. The molecule has 0 aromatic heterocycles. The highest BCUT2D eigenvalue weighted by Gasteiger charge is 2.20. The lowest BCUT2D eigenvalue weighted by Crippen LogP contribution is -2.22. The van der Waals surface area contributed by atoms with Gasteiger partial charge in [-0.05, 0) is 6.42 Å². The lowest BCUT2D eigenvalue weighted by molar-refractivity contribution is -0.121. The molecule has 48 valence electrons. The van der Waals surface area contributed by atoms with E-state index in [-0.39, 0.29) is 13.3 Å². The minimum absolute atomic E-state index is 0. The van der Waals surface area contributed by atoms with Crippen molar-refractivity contribution in [2.45, 2.75) is 6.42 Å². The van der Waals surface area contributed by atoms with Gasteiger partial charge in [-0.25, -0.2) is 0 Å². The van der Waals surface area contributed by atoms with Crippen LogP contribution < -0.4 is 5.73 Å². The highest BCUT2D eigenvalue weighted by Crippen LogP contribution is 2.10. The van der Waals surface area contributed by atoms with Gasteiger partial charge in [0.25, 0.3) is 0 Å². The van der Waals surface area contributed by atoms with Gasteiger partial charge in [0.1, 0.15) is 0 Å². The molecule has 0 radical (unpaired) electrons. The van der Waals surface area contributed by atoms with E-state index in [2.05, 4.69) is 0 Å². The van der Waals surface area contributed by atoms with E-state index >= 15 is 0 Å². The van der Waals surface area contributed by atoms with Gasteiger partial charge in [0.05, 0.1) is 12.5 Å². The van der Waals surface area contributed by atoms with Crippen LogP contribution in [0.5, 0.6) is 0 Å². The summed E-state index contributed by atoms with van der Waals surface area (Å²) >= 11 is 0. The van der Waals surface area contributed by atoms with E-state index in [4.69, 9.17) is 10.5 Å². The number of amides is 1. The zero-order valence-corrected chi connectivity index (χ0v) is 4.59. The summed E-state index contributed by atoms with van der Waals surface area (Å²) in [7, 11) is 0. The summed E-state index contributed by atoms with van der Waals surface area (Å²) in [4.78, 5) is 10.3. The maximum atomic E-state index is 10.3. The van der Waals surface area contributed by atoms with E-state index in [1.54, 1.807) is 0 Å². The fourth-order valence-corrected chi connectivity index (χ4v) is 0.759. The van der Waals surface area contributed by atoms with Crippen molar-refractivity contribution < 1.29 is 11.0 Å². The van der Waals surface area contributed by atoms with Crippen molar-refractivity contribution in [3.05, 3.63) is 0 Å². The largest absolute Gasteiger partial charge is 0.381 e. The number of nitrogens with two attached hydrogens (primary N) is 1. The van der Waals surface area contributed by atoms with Crippen molar-refractivity contribution in [2.24, 2.45) is 11.7 Å². The number of carbonyl (C=O) groups is 1. The second-order valence-electron chi connectivity index (χ2n) is 1.96. The Kier molecular flexibility index (Phi) is 1.48. The number of ether oxygens (including phenoxy) is 1. The molecule has 1 atom stereocenters. The highest BCUT2D eigenvalue weighted by atomic mass is 16.5. The number of rotatable bonds is 1. The molecule has 0 saturated carbocycles. The van der Waals surface area contributed by atoms with E-state index in [1.165, 1.54) is 0 Å². The third-order valence-corrected chi connectivity index (χ3v) is 1.33. The van der Waals surface area contributed by atoms with Crippen LogP contribution in [0.2, 0.25) is 0 Å². The van der Waals surface area contributed by atoms with Crippen molar-refractivity contribution in [1.82, 2.24) is 0 Å². The molecular weight excluding hydrogens is 106 g/mol. The van der Waals surface area contributed by atoms with Crippen molar-refractivity contribution in [3.8, 4) is 0 Å². The summed E-state index contributed by atoms with van der Waals surface area (Å²) in [5, 5.41) is 0. The highest BCUT2D eigenvalue weighted by molar-refractivity contribution is 5.76. The van der Waals surface area contributed by atoms with E-state index in [0.29, 0.717) is 13.2 Å². The Hall–Kier alpha value is -0.570. The molecule has 1 aliphatic rings. The molecule has 1 saturated heterocycles. The quantitative estimate of drug-likeness (QED) is 0.515. The Labute approximate surface area is 49.3 Å². The molecule has 0 spiro atoms. The van der Waals surface area contributed by atoms with Gasteiger partial charge < -0.3 is 10.5 Å². The molecule has 1 amide bonds. The first kappa shape index (κ1) is 5.56. The van der Waals surface area contributed by atoms with Gasteiger partial charge in [0, 0.05) is 8.03 Å². The third kappa shape index (κ3) is 0.980. The van der Waals surface area contributed by atoms with Gasteiger partial charge in [0.15, 0.2) is 0 Å². The maximum Gasteiger partial charge on any atom is 0.222 e. The molecule has 0 aromatic carbocycles. The van der Waals surface area contributed by atoms with Gasteiger partial charge in [0.2, 0.25) is 5.91 Å². The van der Waals surface area contributed by atoms with E-state index < -0.39 is 0 Å². The first-order valence-electron chi connectivity index (χ1n) is 2.68. The fourth-order valence-electron chi connectivity index (χ4n) is 0.759. The summed E-state index contributed by atoms with van der Waals surface area (Å²) in [5.74, 6) is -0.252. The lowest BCUT2D eigenvalue weighted by Gasteiger charge is -1.96. The zero-order chi connectivity index (χ0) is 5.98. The van der Waals surface area contributed by atoms with Crippen LogP contribution in [0.15, 0.2) is 0 Å². The molecule has 8 heavy (non-hydrogen) atoms. The summed E-state index contributed by atoms with van der Waals surface area (Å²) in [6.45, 7) is 1.21. The molecule has 1 fully saturated rings. The second-order valence-corrected chi connectivity index (χ2v) is 1.96. The van der Waals surface area contributed by atoms with Crippen LogP contribution in [0.25, 0.3) is 0 Å². The lowest BCUT2D eigenvalue weighted by atomic mass is 10.1. The van der Waals surface area contributed by atoms with E-state index in [9.17, 15) is 4.79 Å². The van der Waals surface area contributed by atoms with Crippen molar-refractivity contribution >= 4 is 5.91 Å². The fraction of sp³-hybridized carbons (Fsp3) is 0.800. The minimum atomic E-state index is -0.234. The number of primary amides is 1. The molecule has 0 aliphatic carbocycles. The summed E-state index contributed by atoms with van der Waals surface area (Å²) in [5.41, 5.74) is 4.98. The smallest absolute Gasteiger partial charge is 0.222 e. The normalized spacial score (nSPS) is 28.2. The number of hydrogen-bond acceptors (Lipinski definition) is 2. The SMILES string of the molecule is NC(=O)[C@@H]1CCOC1.[HH]. The third-order valence-electron chi connectivity index (χ3n) is 1.33. The average Bonchev–Trinajstić information content (AvgIpc) is 2.12. The first-order valence-corrected chi connectivity index (χ1v) is 2.68. The molecule has 3 nitrogen and oxygen atoms in total. The average molecular weight is 117 g/mol. The van der Waals surface area contributed by atoms with Gasteiger partial charge in [-0.15, -0.1) is 0 Å². The maximum absolute atomic E-state index is 10.3. The van der Waals surface area contributed by atoms with Crippen LogP contribution in [0.4, 0.5) is 0 Å². The van der Waals surface area contributed by atoms with Gasteiger partial charge in [-0.2, -0.15) is 0 Å². The van der Waals surface area contributed by atoms with Gasteiger partial charge >= 0.3 is 0 Å². The summed E-state index contributed by atoms with van der Waals surface area (Å²) < 4.78 is 4.92. The first-order chi connectivity index (χ1) is 3.80. The standard InChI is InChI=1S/C5H9NO2.H2/c6-5(7)4-1-2-8-3-4;/h4H,1-3H2,(H2,6,7);1H/t4-;/m1./s1. The van der Waals surface area contributed by atoms with Crippen molar-refractivity contribution in [1.29, 1.82) is 0 Å². The Morgan fingerprint density at radius 1 is 1.88 bits per heavy atom. The second kappa shape index (κ2) is 2.13. The van der Waals surface area contributed by atoms with Crippen LogP contribution in [0.1, 0.15) is 7.85 Å². The molecule has 3 heteroatoms. The monoisotopic (exact) mass is 117 g/mol. The van der Waals surface area contributed by atoms with Crippen LogP contribution in [0, 0.1) is 5.92 Å². The minimum Gasteiger partial charge on any atom is -0.381 e. The predicted octanol–water partition coefficient (Wildman–Crippen LogP) is -0.246. The molecule has 1 aliphatic heterocycles. The molecule has 1 heterocycles. The molecule has 1 rings (SSSR count).